The standard InChI is InChI=1S/C23H26N6O/c1-13-10-29(12-20(13)24-3)17-7-15-5-6-19(26-23(15)25-9-17)18-8-16-11-28(4)27-21(16)14(2)22(18)30/h5-9,11,13,20,24,30H,10,12H2,1-4H3/t13-,20+/m0/s1. The lowest BCUT2D eigenvalue weighted by molar-refractivity contribution is 0.474. The lowest BCUT2D eigenvalue weighted by Gasteiger charge is -2.18. The topological polar surface area (TPSA) is 79.1 Å². The summed E-state index contributed by atoms with van der Waals surface area (Å²) in [6, 6.07) is 8.57. The van der Waals surface area contributed by atoms with Gasteiger partial charge in [-0.1, -0.05) is 6.92 Å². The predicted octanol–water partition coefficient (Wildman–Crippen LogP) is 3.24. The molecule has 1 aromatic carbocycles. The number of likely N-dealkylation sites (N-methyl/N-ethyl adjacent to an activating group) is 1. The summed E-state index contributed by atoms with van der Waals surface area (Å²) in [5.74, 6) is 0.814. The third kappa shape index (κ3) is 2.97. The van der Waals surface area contributed by atoms with Crippen molar-refractivity contribution in [1.82, 2.24) is 25.1 Å². The monoisotopic (exact) mass is 402 g/mol. The van der Waals surface area contributed by atoms with Gasteiger partial charge >= 0.3 is 0 Å². The van der Waals surface area contributed by atoms with Crippen LogP contribution in [0.25, 0.3) is 33.2 Å². The lowest BCUT2D eigenvalue weighted by atomic mass is 10.0. The molecule has 154 valence electrons. The summed E-state index contributed by atoms with van der Waals surface area (Å²) in [4.78, 5) is 11.8. The Morgan fingerprint density at radius 3 is 2.77 bits per heavy atom. The first kappa shape index (κ1) is 18.8. The fraction of sp³-hybridized carbons (Fsp3) is 0.348. The van der Waals surface area contributed by atoms with Gasteiger partial charge in [-0.3, -0.25) is 4.68 Å². The van der Waals surface area contributed by atoms with E-state index in [0.29, 0.717) is 28.9 Å². The Labute approximate surface area is 175 Å². The number of pyridine rings is 2. The Bertz CT molecular complexity index is 1260. The molecule has 5 rings (SSSR count). The largest absolute Gasteiger partial charge is 0.507 e. The van der Waals surface area contributed by atoms with Gasteiger partial charge in [-0.05, 0) is 44.2 Å². The number of fused-ring (bicyclic) bond motifs is 2. The maximum Gasteiger partial charge on any atom is 0.159 e. The van der Waals surface area contributed by atoms with Gasteiger partial charge < -0.3 is 15.3 Å². The molecule has 4 heterocycles. The fourth-order valence-electron chi connectivity index (χ4n) is 4.51. The molecule has 1 saturated heterocycles. The molecule has 0 amide bonds. The average Bonchev–Trinajstić information content (AvgIpc) is 3.31. The second-order valence-corrected chi connectivity index (χ2v) is 8.35. The van der Waals surface area contributed by atoms with Crippen LogP contribution in [0.4, 0.5) is 5.69 Å². The molecule has 0 aliphatic carbocycles. The Balaban J connectivity index is 1.53. The van der Waals surface area contributed by atoms with E-state index in [1.807, 2.05) is 51.6 Å². The number of phenols is 1. The average molecular weight is 403 g/mol. The summed E-state index contributed by atoms with van der Waals surface area (Å²) in [5.41, 5.74) is 4.77. The fourth-order valence-corrected chi connectivity index (χ4v) is 4.51. The number of benzene rings is 1. The van der Waals surface area contributed by atoms with E-state index in [-0.39, 0.29) is 5.75 Å². The quantitative estimate of drug-likeness (QED) is 0.548. The van der Waals surface area contributed by atoms with Crippen LogP contribution in [0, 0.1) is 12.8 Å². The maximum atomic E-state index is 10.8. The van der Waals surface area contributed by atoms with Gasteiger partial charge in [0, 0.05) is 54.3 Å². The summed E-state index contributed by atoms with van der Waals surface area (Å²) >= 11 is 0. The smallest absolute Gasteiger partial charge is 0.159 e. The van der Waals surface area contributed by atoms with Gasteiger partial charge in [0.1, 0.15) is 5.75 Å². The van der Waals surface area contributed by atoms with Crippen molar-refractivity contribution >= 4 is 27.6 Å². The van der Waals surface area contributed by atoms with Crippen LogP contribution in [0.15, 0.2) is 36.7 Å². The summed E-state index contributed by atoms with van der Waals surface area (Å²) in [6.45, 7) is 6.16. The van der Waals surface area contributed by atoms with Crippen LogP contribution < -0.4 is 10.2 Å². The van der Waals surface area contributed by atoms with E-state index in [9.17, 15) is 5.11 Å². The van der Waals surface area contributed by atoms with E-state index >= 15 is 0 Å². The minimum Gasteiger partial charge on any atom is -0.507 e. The highest BCUT2D eigenvalue weighted by molar-refractivity contribution is 5.91. The highest BCUT2D eigenvalue weighted by Crippen LogP contribution is 2.36. The van der Waals surface area contributed by atoms with Gasteiger partial charge in [-0.2, -0.15) is 5.10 Å². The zero-order chi connectivity index (χ0) is 21.0. The molecule has 1 fully saturated rings. The van der Waals surface area contributed by atoms with Crippen molar-refractivity contribution in [2.24, 2.45) is 13.0 Å². The van der Waals surface area contributed by atoms with Crippen LogP contribution in [0.3, 0.4) is 0 Å². The van der Waals surface area contributed by atoms with Gasteiger partial charge in [0.15, 0.2) is 5.65 Å². The minimum absolute atomic E-state index is 0.217. The Morgan fingerprint density at radius 2 is 2.00 bits per heavy atom. The van der Waals surface area contributed by atoms with E-state index in [1.165, 1.54) is 0 Å². The van der Waals surface area contributed by atoms with E-state index in [1.54, 1.807) is 4.68 Å². The first-order valence-corrected chi connectivity index (χ1v) is 10.3. The molecule has 30 heavy (non-hydrogen) atoms. The van der Waals surface area contributed by atoms with E-state index in [4.69, 9.17) is 4.98 Å². The SMILES string of the molecule is CN[C@@H]1CN(c2cnc3nc(-c4cc5cn(C)nc5c(C)c4O)ccc3c2)C[C@@H]1C. The molecule has 2 atom stereocenters. The number of hydrogen-bond donors (Lipinski definition) is 2. The van der Waals surface area contributed by atoms with Crippen LogP contribution in [0.1, 0.15) is 12.5 Å². The van der Waals surface area contributed by atoms with Crippen LogP contribution in [0.5, 0.6) is 5.75 Å². The number of phenolic OH excluding ortho intramolecular Hbond substituents is 1. The second-order valence-electron chi connectivity index (χ2n) is 8.35. The molecule has 0 spiro atoms. The number of nitrogens with zero attached hydrogens (tertiary/aromatic N) is 5. The normalized spacial score (nSPS) is 19.3. The predicted molar refractivity (Wildman–Crippen MR) is 120 cm³/mol. The zero-order valence-electron chi connectivity index (χ0n) is 17.7. The number of anilines is 1. The second kappa shape index (κ2) is 6.95. The Kier molecular flexibility index (Phi) is 4.36. The van der Waals surface area contributed by atoms with E-state index in [0.717, 1.165) is 40.6 Å². The van der Waals surface area contributed by atoms with E-state index in [2.05, 4.69) is 33.3 Å². The lowest BCUT2D eigenvalue weighted by Crippen LogP contribution is -2.32. The van der Waals surface area contributed by atoms with Crippen molar-refractivity contribution in [1.29, 1.82) is 0 Å². The third-order valence-corrected chi connectivity index (χ3v) is 6.27. The van der Waals surface area contributed by atoms with Crippen LogP contribution >= 0.6 is 0 Å². The van der Waals surface area contributed by atoms with Gasteiger partial charge in [0.2, 0.25) is 0 Å². The molecule has 4 aromatic rings. The zero-order valence-corrected chi connectivity index (χ0v) is 17.7. The first-order valence-electron chi connectivity index (χ1n) is 10.3. The van der Waals surface area contributed by atoms with Gasteiger partial charge in [0.25, 0.3) is 0 Å². The van der Waals surface area contributed by atoms with Crippen LogP contribution in [-0.4, -0.2) is 51.0 Å². The molecule has 3 aromatic heterocycles. The highest BCUT2D eigenvalue weighted by Gasteiger charge is 2.28. The molecule has 7 heteroatoms. The van der Waals surface area contributed by atoms with Gasteiger partial charge in [-0.25, -0.2) is 9.97 Å². The molecule has 1 aliphatic heterocycles. The van der Waals surface area contributed by atoms with Crippen molar-refractivity contribution in [2.45, 2.75) is 19.9 Å². The molecule has 1 aliphatic rings. The molecule has 0 unspecified atom stereocenters. The van der Waals surface area contributed by atoms with Crippen molar-refractivity contribution in [3.63, 3.8) is 0 Å². The molecule has 2 N–H and O–H groups in total. The number of hydrogen-bond acceptors (Lipinski definition) is 6. The summed E-state index contributed by atoms with van der Waals surface area (Å²) < 4.78 is 1.76. The third-order valence-electron chi connectivity index (χ3n) is 6.27. The Morgan fingerprint density at radius 1 is 1.17 bits per heavy atom. The maximum absolute atomic E-state index is 10.8. The number of aromatic hydroxyl groups is 1. The minimum atomic E-state index is 0.217. The first-order chi connectivity index (χ1) is 14.4. The summed E-state index contributed by atoms with van der Waals surface area (Å²) in [6.07, 6.45) is 3.85. The number of aromatic nitrogens is 4. The van der Waals surface area contributed by atoms with Gasteiger partial charge in [0.05, 0.1) is 23.1 Å². The van der Waals surface area contributed by atoms with Crippen molar-refractivity contribution < 1.29 is 5.11 Å². The molecule has 0 bridgehead atoms. The molecular weight excluding hydrogens is 376 g/mol. The Hall–Kier alpha value is -3.19. The number of nitrogens with one attached hydrogen (secondary N) is 1. The highest BCUT2D eigenvalue weighted by atomic mass is 16.3. The van der Waals surface area contributed by atoms with Crippen LogP contribution in [-0.2, 0) is 7.05 Å². The molecule has 7 nitrogen and oxygen atoms in total. The number of rotatable bonds is 3. The molecule has 0 saturated carbocycles. The number of aryl methyl sites for hydroxylation is 2. The van der Waals surface area contributed by atoms with Crippen molar-refractivity contribution in [3.8, 4) is 17.0 Å². The van der Waals surface area contributed by atoms with Gasteiger partial charge in [-0.15, -0.1) is 0 Å². The molecule has 0 radical (unpaired) electrons. The van der Waals surface area contributed by atoms with Crippen molar-refractivity contribution in [3.05, 3.63) is 42.2 Å². The van der Waals surface area contributed by atoms with Crippen molar-refractivity contribution in [2.75, 3.05) is 25.0 Å². The van der Waals surface area contributed by atoms with E-state index < -0.39 is 0 Å². The summed E-state index contributed by atoms with van der Waals surface area (Å²) in [7, 11) is 3.90. The van der Waals surface area contributed by atoms with Crippen LogP contribution in [0.2, 0.25) is 0 Å². The summed E-state index contributed by atoms with van der Waals surface area (Å²) in [5, 5.41) is 20.6. The molecular formula is C23H26N6O.